The van der Waals surface area contributed by atoms with Gasteiger partial charge in [-0.1, -0.05) is 29.3 Å². The van der Waals surface area contributed by atoms with Crippen LogP contribution in [0.3, 0.4) is 0 Å². The molecule has 3 aliphatic heterocycles. The van der Waals surface area contributed by atoms with Crippen LogP contribution in [0, 0.1) is 6.92 Å². The Balaban J connectivity index is 0.813. The number of aromatic nitrogens is 6. The van der Waals surface area contributed by atoms with Gasteiger partial charge in [0.1, 0.15) is 43.5 Å². The van der Waals surface area contributed by atoms with Crippen LogP contribution < -0.4 is 20.2 Å². The van der Waals surface area contributed by atoms with E-state index in [2.05, 4.69) is 49.2 Å². The number of benzene rings is 3. The smallest absolute Gasteiger partial charge is 0.350 e. The van der Waals surface area contributed by atoms with E-state index in [4.69, 9.17) is 46.9 Å². The maximum absolute atomic E-state index is 13.3. The van der Waals surface area contributed by atoms with Crippen LogP contribution in [0.25, 0.3) is 5.69 Å². The van der Waals surface area contributed by atoms with Gasteiger partial charge in [-0.3, -0.25) is 0 Å². The van der Waals surface area contributed by atoms with E-state index in [1.807, 2.05) is 37.3 Å². The first-order valence-corrected chi connectivity index (χ1v) is 19.9. The van der Waals surface area contributed by atoms with E-state index >= 15 is 0 Å². The molecule has 3 fully saturated rings. The van der Waals surface area contributed by atoms with Gasteiger partial charge in [-0.2, -0.15) is 10.2 Å². The van der Waals surface area contributed by atoms with Crippen LogP contribution in [0.4, 0.5) is 11.4 Å². The highest BCUT2D eigenvalue weighted by Gasteiger charge is 2.45. The molecule has 3 atom stereocenters. The number of hydrogen-bond acceptors (Lipinski definition) is 11. The van der Waals surface area contributed by atoms with E-state index in [0.29, 0.717) is 54.2 Å². The molecule has 0 aliphatic carbocycles. The van der Waals surface area contributed by atoms with Crippen molar-refractivity contribution in [2.75, 3.05) is 62.4 Å². The molecule has 296 valence electrons. The Labute approximate surface area is 335 Å². The van der Waals surface area contributed by atoms with Gasteiger partial charge in [0.2, 0.25) is 5.79 Å². The second-order valence-corrected chi connectivity index (χ2v) is 15.1. The Morgan fingerprint density at radius 2 is 1.66 bits per heavy atom. The van der Waals surface area contributed by atoms with Gasteiger partial charge in [0.05, 0.1) is 23.9 Å². The van der Waals surface area contributed by atoms with Crippen LogP contribution in [0.5, 0.6) is 5.75 Å². The summed E-state index contributed by atoms with van der Waals surface area (Å²) in [6.07, 6.45) is 6.45. The topological polar surface area (TPSA) is 123 Å². The number of hydrogen-bond donors (Lipinski definition) is 0. The molecule has 0 bridgehead atoms. The highest BCUT2D eigenvalue weighted by Crippen LogP contribution is 2.40. The second-order valence-electron chi connectivity index (χ2n) is 14.2. The fraction of sp³-hybridized carbons (Fsp3) is 0.450. The summed E-state index contributed by atoms with van der Waals surface area (Å²) >= 11 is 12.8. The lowest BCUT2D eigenvalue weighted by atomic mass is 10.1. The van der Waals surface area contributed by atoms with Gasteiger partial charge in [-0.15, -0.1) is 0 Å². The zero-order chi connectivity index (χ0) is 38.5. The first kappa shape index (κ1) is 38.4. The number of anilines is 2. The summed E-state index contributed by atoms with van der Waals surface area (Å²) in [5, 5.41) is 9.73. The van der Waals surface area contributed by atoms with Crippen molar-refractivity contribution in [3.63, 3.8) is 0 Å². The van der Waals surface area contributed by atoms with Gasteiger partial charge >= 0.3 is 5.69 Å². The molecule has 8 rings (SSSR count). The Bertz CT molecular complexity index is 2100. The van der Waals surface area contributed by atoms with E-state index in [0.717, 1.165) is 74.9 Å². The molecule has 3 aliphatic rings. The lowest BCUT2D eigenvalue weighted by Crippen LogP contribution is -2.46. The number of halogens is 2. The van der Waals surface area contributed by atoms with E-state index in [9.17, 15) is 4.79 Å². The summed E-state index contributed by atoms with van der Waals surface area (Å²) in [5.41, 5.74) is 3.59. The average Bonchev–Trinajstić information content (AvgIpc) is 3.96. The van der Waals surface area contributed by atoms with Crippen molar-refractivity contribution in [3.8, 4) is 11.4 Å². The minimum absolute atomic E-state index is 0.127. The Morgan fingerprint density at radius 1 is 0.929 bits per heavy atom. The highest BCUT2D eigenvalue weighted by atomic mass is 35.5. The van der Waals surface area contributed by atoms with Crippen LogP contribution in [-0.2, 0) is 37.8 Å². The SMILES string of the molecule is Cc1nn(CCCOC2CCCCO2)c(=O)n1-c1ccc(N2CCN(c3ccc(OC[C@@H]4CO[C@@](Cn5cncn5)(c5ccc(Cl)cc5Cl)O4)cc3)CC2)cc1. The predicted octanol–water partition coefficient (Wildman–Crippen LogP) is 5.85. The third-order valence-electron chi connectivity index (χ3n) is 10.4. The van der Waals surface area contributed by atoms with Crippen molar-refractivity contribution in [2.24, 2.45) is 0 Å². The molecule has 3 saturated heterocycles. The number of rotatable bonds is 14. The van der Waals surface area contributed by atoms with Crippen LogP contribution in [0.1, 0.15) is 37.1 Å². The lowest BCUT2D eigenvalue weighted by molar-refractivity contribution is -0.190. The molecular formula is C40H46Cl2N8O6. The van der Waals surface area contributed by atoms with Crippen LogP contribution in [0.15, 0.2) is 84.2 Å². The fourth-order valence-corrected chi connectivity index (χ4v) is 8.04. The Morgan fingerprint density at radius 3 is 2.34 bits per heavy atom. The maximum Gasteiger partial charge on any atom is 0.350 e. The number of nitrogens with zero attached hydrogens (tertiary/aromatic N) is 8. The van der Waals surface area contributed by atoms with Crippen molar-refractivity contribution < 1.29 is 23.7 Å². The third-order valence-corrected chi connectivity index (χ3v) is 10.9. The first-order chi connectivity index (χ1) is 27.3. The van der Waals surface area contributed by atoms with E-state index in [-0.39, 0.29) is 24.6 Å². The average molecular weight is 806 g/mol. The highest BCUT2D eigenvalue weighted by molar-refractivity contribution is 6.35. The third kappa shape index (κ3) is 8.75. The molecule has 5 heterocycles. The predicted molar refractivity (Wildman–Crippen MR) is 212 cm³/mol. The number of piperazine rings is 1. The molecule has 14 nitrogen and oxygen atoms in total. The molecule has 0 saturated carbocycles. The summed E-state index contributed by atoms with van der Waals surface area (Å²) < 4.78 is 35.2. The van der Waals surface area contributed by atoms with Crippen molar-refractivity contribution in [2.45, 2.75) is 63.9 Å². The summed E-state index contributed by atoms with van der Waals surface area (Å²) in [7, 11) is 0. The maximum atomic E-state index is 13.3. The molecule has 2 aromatic heterocycles. The van der Waals surface area contributed by atoms with E-state index in [1.165, 1.54) is 11.0 Å². The van der Waals surface area contributed by atoms with Crippen molar-refractivity contribution in [3.05, 3.63) is 111 Å². The zero-order valence-corrected chi connectivity index (χ0v) is 32.9. The monoisotopic (exact) mass is 804 g/mol. The number of ether oxygens (including phenoxy) is 5. The Hall–Kier alpha value is -4.44. The quantitative estimate of drug-likeness (QED) is 0.126. The van der Waals surface area contributed by atoms with Crippen molar-refractivity contribution >= 4 is 34.6 Å². The normalized spacial score (nSPS) is 21.5. The van der Waals surface area contributed by atoms with Crippen molar-refractivity contribution in [1.82, 2.24) is 29.1 Å². The molecular weight excluding hydrogens is 759 g/mol. The number of aryl methyl sites for hydroxylation is 2. The van der Waals surface area contributed by atoms with Gasteiger partial charge in [0, 0.05) is 61.3 Å². The summed E-state index contributed by atoms with van der Waals surface area (Å²) in [6, 6.07) is 21.6. The molecule has 1 unspecified atom stereocenters. The van der Waals surface area contributed by atoms with Gasteiger partial charge < -0.3 is 33.5 Å². The first-order valence-electron chi connectivity index (χ1n) is 19.2. The fourth-order valence-electron chi connectivity index (χ4n) is 7.49. The molecule has 0 amide bonds. The molecule has 3 aromatic carbocycles. The molecule has 0 radical (unpaired) electrons. The lowest BCUT2D eigenvalue weighted by Gasteiger charge is -2.37. The molecule has 16 heteroatoms. The van der Waals surface area contributed by atoms with E-state index in [1.54, 1.807) is 27.7 Å². The minimum atomic E-state index is -1.17. The van der Waals surface area contributed by atoms with Crippen molar-refractivity contribution in [1.29, 1.82) is 0 Å². The minimum Gasteiger partial charge on any atom is -0.491 e. The molecule has 0 spiro atoms. The summed E-state index contributed by atoms with van der Waals surface area (Å²) in [4.78, 5) is 22.1. The van der Waals surface area contributed by atoms with Gasteiger partial charge in [0.25, 0.3) is 0 Å². The van der Waals surface area contributed by atoms with Gasteiger partial charge in [-0.05, 0) is 93.3 Å². The zero-order valence-electron chi connectivity index (χ0n) is 31.3. The van der Waals surface area contributed by atoms with Crippen LogP contribution in [0.2, 0.25) is 10.0 Å². The summed E-state index contributed by atoms with van der Waals surface area (Å²) in [5.74, 6) is 0.236. The Kier molecular flexibility index (Phi) is 11.9. The largest absolute Gasteiger partial charge is 0.491 e. The molecule has 0 N–H and O–H groups in total. The van der Waals surface area contributed by atoms with Gasteiger partial charge in [-0.25, -0.2) is 23.7 Å². The second kappa shape index (κ2) is 17.4. The van der Waals surface area contributed by atoms with Crippen LogP contribution in [-0.4, -0.2) is 94.1 Å². The van der Waals surface area contributed by atoms with Crippen LogP contribution >= 0.6 is 23.2 Å². The van der Waals surface area contributed by atoms with E-state index < -0.39 is 5.79 Å². The van der Waals surface area contributed by atoms with Gasteiger partial charge in [0.15, 0.2) is 6.29 Å². The molecule has 56 heavy (non-hydrogen) atoms. The molecule has 5 aromatic rings. The standard InChI is InChI=1S/C40H46Cl2N8O6/c1-29-45-49(16-4-22-53-38-5-2-3-21-52-38)39(51)50(29)33-9-7-31(8-10-33)46-17-19-47(20-18-46)32-11-13-34(14-12-32)54-24-35-25-55-40(56-35,26-48-28-43-27-44-48)36-15-6-30(41)23-37(36)42/h6-15,23,27-28,35,38H,2-5,16-22,24-26H2,1H3/t35-,38?,40-/m1/s1. The summed E-state index contributed by atoms with van der Waals surface area (Å²) in [6.45, 7) is 8.01.